The third kappa shape index (κ3) is 5.94. The predicted octanol–water partition coefficient (Wildman–Crippen LogP) is 2.51. The molecule has 5 nitrogen and oxygen atoms in total. The van der Waals surface area contributed by atoms with Gasteiger partial charge < -0.3 is 15.7 Å². The van der Waals surface area contributed by atoms with Gasteiger partial charge in [0.05, 0.1) is 5.92 Å². The van der Waals surface area contributed by atoms with E-state index in [0.717, 1.165) is 25.7 Å². The predicted molar refractivity (Wildman–Crippen MR) is 74.0 cm³/mol. The van der Waals surface area contributed by atoms with Crippen molar-refractivity contribution < 1.29 is 14.7 Å². The van der Waals surface area contributed by atoms with Gasteiger partial charge in [-0.15, -0.1) is 0 Å². The van der Waals surface area contributed by atoms with Crippen molar-refractivity contribution in [2.45, 2.75) is 70.9 Å². The molecular weight excluding hydrogens is 244 g/mol. The van der Waals surface area contributed by atoms with Crippen LogP contribution in [0.4, 0.5) is 4.79 Å². The minimum absolute atomic E-state index is 0.229. The number of aliphatic carboxylic acids is 1. The summed E-state index contributed by atoms with van der Waals surface area (Å²) in [7, 11) is 0. The maximum absolute atomic E-state index is 11.8. The molecule has 5 heteroatoms. The van der Waals surface area contributed by atoms with E-state index in [9.17, 15) is 9.59 Å². The third-order valence-electron chi connectivity index (χ3n) is 3.94. The van der Waals surface area contributed by atoms with Crippen molar-refractivity contribution in [3.63, 3.8) is 0 Å². The van der Waals surface area contributed by atoms with Gasteiger partial charge in [-0.2, -0.15) is 0 Å². The van der Waals surface area contributed by atoms with Crippen molar-refractivity contribution >= 4 is 12.0 Å². The van der Waals surface area contributed by atoms with Crippen LogP contribution in [0.2, 0.25) is 0 Å². The lowest BCUT2D eigenvalue weighted by atomic mass is 9.97. The van der Waals surface area contributed by atoms with Crippen LogP contribution in [0.5, 0.6) is 0 Å². The maximum atomic E-state index is 11.8. The molecule has 0 aliphatic heterocycles. The zero-order valence-corrected chi connectivity index (χ0v) is 11.9. The van der Waals surface area contributed by atoms with E-state index in [1.54, 1.807) is 13.8 Å². The number of hydrogen-bond acceptors (Lipinski definition) is 2. The van der Waals surface area contributed by atoms with E-state index in [1.807, 2.05) is 0 Å². The Labute approximate surface area is 115 Å². The maximum Gasteiger partial charge on any atom is 0.315 e. The normalized spacial score (nSPS) is 20.7. The van der Waals surface area contributed by atoms with Crippen molar-refractivity contribution in [2.75, 3.05) is 0 Å². The Bertz CT molecular complexity index is 299. The van der Waals surface area contributed by atoms with E-state index in [4.69, 9.17) is 5.11 Å². The van der Waals surface area contributed by atoms with Crippen molar-refractivity contribution in [3.05, 3.63) is 0 Å². The van der Waals surface area contributed by atoms with Gasteiger partial charge in [0.25, 0.3) is 0 Å². The lowest BCUT2D eigenvalue weighted by Crippen LogP contribution is -2.48. The van der Waals surface area contributed by atoms with Crippen LogP contribution in [0.1, 0.15) is 58.8 Å². The fourth-order valence-electron chi connectivity index (χ4n) is 2.37. The van der Waals surface area contributed by atoms with Gasteiger partial charge >= 0.3 is 12.0 Å². The minimum Gasteiger partial charge on any atom is -0.481 e. The van der Waals surface area contributed by atoms with Crippen LogP contribution < -0.4 is 10.6 Å². The van der Waals surface area contributed by atoms with Crippen LogP contribution in [0.15, 0.2) is 0 Å². The smallest absolute Gasteiger partial charge is 0.315 e. The van der Waals surface area contributed by atoms with Gasteiger partial charge in [0.15, 0.2) is 0 Å². The Morgan fingerprint density at radius 3 is 2.11 bits per heavy atom. The number of hydrogen-bond donors (Lipinski definition) is 3. The molecule has 1 aliphatic carbocycles. The number of amides is 2. The third-order valence-corrected chi connectivity index (χ3v) is 3.94. The molecule has 1 fully saturated rings. The summed E-state index contributed by atoms with van der Waals surface area (Å²) in [5.41, 5.74) is 0. The molecule has 0 spiro atoms. The van der Waals surface area contributed by atoms with Crippen LogP contribution in [0.3, 0.4) is 0 Å². The lowest BCUT2D eigenvalue weighted by molar-refractivity contribution is -0.141. The molecule has 2 amide bonds. The topological polar surface area (TPSA) is 78.4 Å². The highest BCUT2D eigenvalue weighted by Gasteiger charge is 2.22. The molecule has 0 bridgehead atoms. The largest absolute Gasteiger partial charge is 0.481 e. The van der Waals surface area contributed by atoms with Gasteiger partial charge in [0, 0.05) is 12.1 Å². The number of carbonyl (C=O) groups excluding carboxylic acids is 1. The molecule has 2 unspecified atom stereocenters. The highest BCUT2D eigenvalue weighted by molar-refractivity contribution is 5.76. The van der Waals surface area contributed by atoms with E-state index in [-0.39, 0.29) is 18.1 Å². The first-order valence-electron chi connectivity index (χ1n) is 7.30. The number of carboxylic acids is 1. The minimum atomic E-state index is -0.890. The van der Waals surface area contributed by atoms with E-state index in [0.29, 0.717) is 0 Å². The molecule has 1 saturated carbocycles. The SMILES string of the molecule is CC(NC(=O)NC1CCCCCCC1)C(C)C(=O)O. The first-order valence-corrected chi connectivity index (χ1v) is 7.30. The van der Waals surface area contributed by atoms with Crippen LogP contribution >= 0.6 is 0 Å². The zero-order valence-electron chi connectivity index (χ0n) is 11.9. The van der Waals surface area contributed by atoms with Gasteiger partial charge in [-0.05, 0) is 26.7 Å². The summed E-state index contributed by atoms with van der Waals surface area (Å²) in [5, 5.41) is 14.6. The fourth-order valence-corrected chi connectivity index (χ4v) is 2.37. The Morgan fingerprint density at radius 2 is 1.58 bits per heavy atom. The standard InChI is InChI=1S/C14H26N2O3/c1-10(13(17)18)11(2)15-14(19)16-12-8-6-4-3-5-7-9-12/h10-12H,3-9H2,1-2H3,(H,17,18)(H2,15,16,19). The Balaban J connectivity index is 2.34. The second-order valence-electron chi connectivity index (χ2n) is 5.58. The number of urea groups is 1. The Hall–Kier alpha value is -1.26. The number of rotatable bonds is 4. The highest BCUT2D eigenvalue weighted by Crippen LogP contribution is 2.17. The fraction of sp³-hybridized carbons (Fsp3) is 0.857. The average molecular weight is 270 g/mol. The molecule has 1 aliphatic rings. The molecule has 0 aromatic rings. The number of carbonyl (C=O) groups is 2. The van der Waals surface area contributed by atoms with Crippen molar-refractivity contribution in [1.82, 2.24) is 10.6 Å². The molecule has 0 heterocycles. The van der Waals surface area contributed by atoms with Gasteiger partial charge in [-0.3, -0.25) is 4.79 Å². The number of nitrogens with one attached hydrogen (secondary N) is 2. The van der Waals surface area contributed by atoms with Gasteiger partial charge in [0.1, 0.15) is 0 Å². The van der Waals surface area contributed by atoms with Gasteiger partial charge in [0.2, 0.25) is 0 Å². The second-order valence-corrected chi connectivity index (χ2v) is 5.58. The number of carboxylic acid groups (broad SMARTS) is 1. The van der Waals surface area contributed by atoms with Crippen LogP contribution in [-0.4, -0.2) is 29.2 Å². The summed E-state index contributed by atoms with van der Waals surface area (Å²) in [6, 6.07) is -0.384. The van der Waals surface area contributed by atoms with Crippen molar-refractivity contribution in [2.24, 2.45) is 5.92 Å². The summed E-state index contributed by atoms with van der Waals surface area (Å²) in [5.74, 6) is -1.47. The van der Waals surface area contributed by atoms with Crippen LogP contribution in [-0.2, 0) is 4.79 Å². The zero-order chi connectivity index (χ0) is 14.3. The monoisotopic (exact) mass is 270 g/mol. The summed E-state index contributed by atoms with van der Waals surface area (Å²) < 4.78 is 0. The molecule has 3 N–H and O–H groups in total. The molecule has 0 aromatic heterocycles. The van der Waals surface area contributed by atoms with E-state index >= 15 is 0 Å². The first kappa shape index (κ1) is 15.8. The molecule has 19 heavy (non-hydrogen) atoms. The highest BCUT2D eigenvalue weighted by atomic mass is 16.4. The summed E-state index contributed by atoms with van der Waals surface area (Å²) >= 11 is 0. The molecule has 0 saturated heterocycles. The van der Waals surface area contributed by atoms with Crippen LogP contribution in [0, 0.1) is 5.92 Å². The molecule has 2 atom stereocenters. The van der Waals surface area contributed by atoms with Crippen LogP contribution in [0.25, 0.3) is 0 Å². The summed E-state index contributed by atoms with van der Waals surface area (Å²) in [6.45, 7) is 3.32. The Morgan fingerprint density at radius 1 is 1.05 bits per heavy atom. The van der Waals surface area contributed by atoms with E-state index in [1.165, 1.54) is 19.3 Å². The van der Waals surface area contributed by atoms with Crippen molar-refractivity contribution in [1.29, 1.82) is 0 Å². The van der Waals surface area contributed by atoms with Crippen molar-refractivity contribution in [3.8, 4) is 0 Å². The average Bonchev–Trinajstić information content (AvgIpc) is 2.31. The summed E-state index contributed by atoms with van der Waals surface area (Å²) in [6.07, 6.45) is 8.15. The first-order chi connectivity index (χ1) is 9.00. The van der Waals surface area contributed by atoms with Gasteiger partial charge in [-0.25, -0.2) is 4.79 Å². The second kappa shape index (κ2) is 8.02. The molecule has 0 aromatic carbocycles. The lowest BCUT2D eigenvalue weighted by Gasteiger charge is -2.23. The summed E-state index contributed by atoms with van der Waals surface area (Å²) in [4.78, 5) is 22.7. The molecular formula is C14H26N2O3. The van der Waals surface area contributed by atoms with E-state index < -0.39 is 11.9 Å². The molecule has 1 rings (SSSR count). The van der Waals surface area contributed by atoms with E-state index in [2.05, 4.69) is 10.6 Å². The Kier molecular flexibility index (Phi) is 6.67. The van der Waals surface area contributed by atoms with Gasteiger partial charge in [-0.1, -0.05) is 32.1 Å². The quantitative estimate of drug-likeness (QED) is 0.734. The molecule has 0 radical (unpaired) electrons. The molecule has 110 valence electrons.